The summed E-state index contributed by atoms with van der Waals surface area (Å²) in [5.74, 6) is -0.557. The second kappa shape index (κ2) is 16.1. The van der Waals surface area contributed by atoms with E-state index in [1.165, 1.54) is 24.3 Å². The zero-order valence-corrected chi connectivity index (χ0v) is 24.8. The van der Waals surface area contributed by atoms with Gasteiger partial charge in [0.15, 0.2) is 13.1 Å². The van der Waals surface area contributed by atoms with Crippen molar-refractivity contribution in [3.05, 3.63) is 125 Å². The number of nitrogens with one attached hydrogen (secondary N) is 2. The zero-order chi connectivity index (χ0) is 32.2. The van der Waals surface area contributed by atoms with Crippen LogP contribution in [0.15, 0.2) is 97.2 Å². The first kappa shape index (κ1) is 33.6. The summed E-state index contributed by atoms with van der Waals surface area (Å²) in [5, 5.41) is 8.59. The van der Waals surface area contributed by atoms with Gasteiger partial charge in [-0.25, -0.2) is 13.4 Å². The van der Waals surface area contributed by atoms with Crippen molar-refractivity contribution >= 4 is 46.9 Å². The van der Waals surface area contributed by atoms with Gasteiger partial charge in [0.1, 0.15) is 24.8 Å². The standard InChI is InChI=1S/C32H29ClF2N4O.BF4/c33-25-8-13-28-30(14-15-36-31(28)22-25)38-17-16-37-29(23-4-9-26(34)10-5-23)2-1-3-32(39-18-20-40-21-19-39)24-6-11-27(35)12-7-24;2-1(3,4)5/h1-15,22H,16-21H2,(H,36,38);/q;-1/p+1. The molecule has 236 valence electrons. The van der Waals surface area contributed by atoms with Gasteiger partial charge in [-0.15, -0.1) is 0 Å². The monoisotopic (exact) mass is 646 g/mol. The lowest BCUT2D eigenvalue weighted by atomic mass is 10.1. The zero-order valence-electron chi connectivity index (χ0n) is 24.0. The summed E-state index contributed by atoms with van der Waals surface area (Å²) in [7, 11) is -6.00. The number of hydrogen-bond acceptors (Lipinski definition) is 4. The van der Waals surface area contributed by atoms with E-state index in [4.69, 9.17) is 16.3 Å². The molecule has 1 fully saturated rings. The van der Waals surface area contributed by atoms with Crippen LogP contribution in [-0.2, 0) is 4.74 Å². The number of morpholine rings is 1. The highest BCUT2D eigenvalue weighted by molar-refractivity contribution is 6.50. The Morgan fingerprint density at radius 2 is 1.49 bits per heavy atom. The van der Waals surface area contributed by atoms with Crippen LogP contribution < -0.4 is 10.6 Å². The molecular formula is C32H30BClF6N4O. The van der Waals surface area contributed by atoms with E-state index in [0.717, 1.165) is 52.2 Å². The van der Waals surface area contributed by atoms with Crippen LogP contribution in [0.3, 0.4) is 0 Å². The largest absolute Gasteiger partial charge is 0.673 e. The van der Waals surface area contributed by atoms with Gasteiger partial charge in [-0.1, -0.05) is 29.8 Å². The minimum atomic E-state index is -6.00. The van der Waals surface area contributed by atoms with E-state index >= 15 is 0 Å². The molecule has 0 aliphatic carbocycles. The summed E-state index contributed by atoms with van der Waals surface area (Å²) in [4.78, 5) is 4.40. The molecule has 2 N–H and O–H groups in total. The summed E-state index contributed by atoms with van der Waals surface area (Å²) in [6.45, 7) is 4.06. The first-order valence-corrected chi connectivity index (χ1v) is 14.4. The second-order valence-electron chi connectivity index (χ2n) is 9.81. The number of pyridine rings is 1. The molecule has 0 bridgehead atoms. The van der Waals surface area contributed by atoms with Gasteiger partial charge in [0.25, 0.3) is 0 Å². The third kappa shape index (κ3) is 11.0. The molecule has 0 atom stereocenters. The predicted molar refractivity (Wildman–Crippen MR) is 168 cm³/mol. The molecule has 5 rings (SSSR count). The highest BCUT2D eigenvalue weighted by atomic mass is 35.5. The van der Waals surface area contributed by atoms with Crippen molar-refractivity contribution in [2.45, 2.75) is 0 Å². The highest BCUT2D eigenvalue weighted by Gasteiger charge is 2.20. The molecule has 13 heteroatoms. The molecule has 3 aromatic carbocycles. The predicted octanol–water partition coefficient (Wildman–Crippen LogP) is 7.60. The molecule has 5 nitrogen and oxygen atoms in total. The number of benzene rings is 3. The fraction of sp³-hybridized carbons (Fsp3) is 0.188. The van der Waals surface area contributed by atoms with Gasteiger partial charge >= 0.3 is 7.25 Å². The molecule has 1 aliphatic rings. The van der Waals surface area contributed by atoms with Gasteiger partial charge in [-0.2, -0.15) is 0 Å². The van der Waals surface area contributed by atoms with E-state index in [0.29, 0.717) is 31.3 Å². The van der Waals surface area contributed by atoms with E-state index in [1.807, 2.05) is 42.5 Å². The Hall–Kier alpha value is -4.29. The number of ether oxygens (including phenoxy) is 1. The molecule has 1 aromatic heterocycles. The first-order chi connectivity index (χ1) is 21.6. The lowest BCUT2D eigenvalue weighted by molar-refractivity contribution is -0.548. The maximum atomic E-state index is 13.7. The van der Waals surface area contributed by atoms with Gasteiger partial charge in [-0.05, 0) is 72.3 Å². The minimum Gasteiger partial charge on any atom is -0.418 e. The SMILES string of the molecule is F[B-](F)(F)F.Fc1ccc(C(/C=C/C=C(/NCCNc2ccnc3cc(Cl)ccc23)c2ccc(F)cc2)=[N+]2CCOCC2)cc1. The van der Waals surface area contributed by atoms with E-state index < -0.39 is 7.25 Å². The van der Waals surface area contributed by atoms with Crippen molar-refractivity contribution in [1.82, 2.24) is 10.3 Å². The smallest absolute Gasteiger partial charge is 0.418 e. The molecule has 1 saturated heterocycles. The van der Waals surface area contributed by atoms with Crippen LogP contribution >= 0.6 is 11.6 Å². The number of hydrogen-bond donors (Lipinski definition) is 2. The summed E-state index contributed by atoms with van der Waals surface area (Å²) >= 11 is 6.12. The number of fused-ring (bicyclic) bond motifs is 1. The summed E-state index contributed by atoms with van der Waals surface area (Å²) in [6.07, 6.45) is 7.72. The van der Waals surface area contributed by atoms with Gasteiger partial charge in [0.2, 0.25) is 5.71 Å². The van der Waals surface area contributed by atoms with Crippen molar-refractivity contribution in [3.63, 3.8) is 0 Å². The molecule has 2 heterocycles. The van der Waals surface area contributed by atoms with Crippen LogP contribution in [-0.4, -0.2) is 61.9 Å². The van der Waals surface area contributed by atoms with Crippen LogP contribution in [0.25, 0.3) is 16.6 Å². The fourth-order valence-corrected chi connectivity index (χ4v) is 4.77. The van der Waals surface area contributed by atoms with Crippen molar-refractivity contribution in [3.8, 4) is 0 Å². The molecule has 0 spiro atoms. The van der Waals surface area contributed by atoms with Crippen LogP contribution in [0.4, 0.5) is 31.7 Å². The number of aromatic nitrogens is 1. The highest BCUT2D eigenvalue weighted by Crippen LogP contribution is 2.24. The lowest BCUT2D eigenvalue weighted by Crippen LogP contribution is -2.33. The Labute approximate surface area is 262 Å². The van der Waals surface area contributed by atoms with E-state index in [2.05, 4.69) is 20.2 Å². The fourth-order valence-electron chi connectivity index (χ4n) is 4.60. The first-order valence-electron chi connectivity index (χ1n) is 14.1. The van der Waals surface area contributed by atoms with Gasteiger partial charge in [0.05, 0.1) is 5.52 Å². The van der Waals surface area contributed by atoms with Crippen molar-refractivity contribution in [2.75, 3.05) is 44.7 Å². The number of anilines is 1. The molecule has 45 heavy (non-hydrogen) atoms. The quantitative estimate of drug-likeness (QED) is 0.0647. The normalized spacial score (nSPS) is 13.8. The molecule has 4 aromatic rings. The number of rotatable bonds is 9. The second-order valence-corrected chi connectivity index (χ2v) is 10.2. The number of allylic oxidation sites excluding steroid dienone is 3. The van der Waals surface area contributed by atoms with E-state index in [1.54, 1.807) is 30.5 Å². The van der Waals surface area contributed by atoms with Crippen LogP contribution in [0.5, 0.6) is 0 Å². The maximum Gasteiger partial charge on any atom is 0.673 e. The maximum absolute atomic E-state index is 13.7. The average molecular weight is 647 g/mol. The summed E-state index contributed by atoms with van der Waals surface area (Å²) < 4.78 is 74.0. The molecule has 0 amide bonds. The van der Waals surface area contributed by atoms with Gasteiger partial charge in [0, 0.05) is 52.7 Å². The molecule has 0 unspecified atom stereocenters. The molecular weight excluding hydrogens is 617 g/mol. The van der Waals surface area contributed by atoms with E-state index in [-0.39, 0.29) is 11.6 Å². The van der Waals surface area contributed by atoms with Crippen molar-refractivity contribution in [2.24, 2.45) is 0 Å². The summed E-state index contributed by atoms with van der Waals surface area (Å²) in [5.41, 5.74) is 5.44. The average Bonchev–Trinajstić information content (AvgIpc) is 3.01. The minimum absolute atomic E-state index is 0.270. The van der Waals surface area contributed by atoms with Gasteiger partial charge in [-0.3, -0.25) is 4.98 Å². The third-order valence-electron chi connectivity index (χ3n) is 6.62. The number of halogens is 7. The van der Waals surface area contributed by atoms with Crippen LogP contribution in [0.2, 0.25) is 5.02 Å². The third-order valence-corrected chi connectivity index (χ3v) is 6.86. The lowest BCUT2D eigenvalue weighted by Gasteiger charge is -2.14. The Morgan fingerprint density at radius 1 is 0.867 bits per heavy atom. The topological polar surface area (TPSA) is 49.2 Å². The molecule has 0 radical (unpaired) electrons. The number of nitrogens with zero attached hydrogens (tertiary/aromatic N) is 2. The van der Waals surface area contributed by atoms with Crippen LogP contribution in [0.1, 0.15) is 11.1 Å². The Kier molecular flexibility index (Phi) is 12.1. The van der Waals surface area contributed by atoms with Crippen LogP contribution in [0, 0.1) is 11.6 Å². The van der Waals surface area contributed by atoms with Gasteiger partial charge < -0.3 is 32.6 Å². The van der Waals surface area contributed by atoms with E-state index in [9.17, 15) is 26.0 Å². The van der Waals surface area contributed by atoms with Crippen molar-refractivity contribution < 1.29 is 35.4 Å². The molecule has 1 aliphatic heterocycles. The Balaban J connectivity index is 0.000000854. The van der Waals surface area contributed by atoms with Crippen molar-refractivity contribution in [1.29, 1.82) is 0 Å². The Bertz CT molecular complexity index is 1650. The summed E-state index contributed by atoms with van der Waals surface area (Å²) in [6, 6.07) is 20.5. The Morgan fingerprint density at radius 3 is 2.13 bits per heavy atom. The molecule has 0 saturated carbocycles.